The minimum atomic E-state index is -0.732. The average molecular weight is 327 g/mol. The zero-order valence-corrected chi connectivity index (χ0v) is 12.7. The number of carbonyl (C=O) groups excluding carboxylic acids is 2. The van der Waals surface area contributed by atoms with E-state index in [4.69, 9.17) is 13.9 Å². The van der Waals surface area contributed by atoms with Crippen LogP contribution in [0.2, 0.25) is 0 Å². The molecule has 0 fully saturated rings. The molecular weight excluding hydrogens is 314 g/mol. The lowest BCUT2D eigenvalue weighted by atomic mass is 10.1. The van der Waals surface area contributed by atoms with Crippen LogP contribution in [0.3, 0.4) is 0 Å². The van der Waals surface area contributed by atoms with Gasteiger partial charge < -0.3 is 13.9 Å². The molecule has 0 unspecified atom stereocenters. The fourth-order valence-electron chi connectivity index (χ4n) is 1.99. The van der Waals surface area contributed by atoms with Crippen molar-refractivity contribution in [2.75, 3.05) is 7.11 Å². The Morgan fingerprint density at radius 1 is 1.25 bits per heavy atom. The van der Waals surface area contributed by atoms with Gasteiger partial charge in [-0.15, -0.1) is 0 Å². The van der Waals surface area contributed by atoms with Crippen LogP contribution < -0.4 is 9.47 Å². The Morgan fingerprint density at radius 3 is 2.83 bits per heavy atom. The molecule has 0 aliphatic heterocycles. The third-order valence-electron chi connectivity index (χ3n) is 3.14. The summed E-state index contributed by atoms with van der Waals surface area (Å²) in [4.78, 5) is 27.4. The third kappa shape index (κ3) is 3.49. The molecule has 0 saturated heterocycles. The van der Waals surface area contributed by atoms with Gasteiger partial charge in [-0.2, -0.15) is 5.10 Å². The molecule has 0 aliphatic carbocycles. The average Bonchev–Trinajstić information content (AvgIpc) is 3.26. The zero-order chi connectivity index (χ0) is 16.9. The summed E-state index contributed by atoms with van der Waals surface area (Å²) in [5.74, 6) is -0.0645. The third-order valence-corrected chi connectivity index (χ3v) is 3.14. The number of methoxy groups -OCH3 is 1. The van der Waals surface area contributed by atoms with Crippen molar-refractivity contribution in [2.24, 2.45) is 0 Å². The molecule has 0 radical (unpaired) electrons. The molecule has 0 aliphatic rings. The number of nitrogens with zero attached hydrogens (tertiary/aromatic N) is 2. The molecule has 2 aromatic heterocycles. The second kappa shape index (κ2) is 6.78. The van der Waals surface area contributed by atoms with Crippen LogP contribution in [-0.4, -0.2) is 33.9 Å². The minimum absolute atomic E-state index is 0.0867. The van der Waals surface area contributed by atoms with Gasteiger partial charge in [0.15, 0.2) is 5.82 Å². The van der Waals surface area contributed by atoms with Gasteiger partial charge in [-0.05, 0) is 12.1 Å². The maximum atomic E-state index is 11.9. The summed E-state index contributed by atoms with van der Waals surface area (Å²) in [5.41, 5.74) is 0.519. The Kier molecular flexibility index (Phi) is 4.37. The van der Waals surface area contributed by atoms with Crippen molar-refractivity contribution < 1.29 is 23.5 Å². The number of aromatic nitrogens is 3. The molecule has 3 rings (SSSR count). The first kappa shape index (κ1) is 15.5. The number of hydrogen-bond acceptors (Lipinski definition) is 7. The first-order valence-corrected chi connectivity index (χ1v) is 6.98. The number of ketones is 2. The molecule has 122 valence electrons. The van der Waals surface area contributed by atoms with Crippen LogP contribution in [0.1, 0.15) is 16.2 Å². The number of H-pyrrole nitrogens is 1. The Morgan fingerprint density at radius 2 is 2.08 bits per heavy atom. The minimum Gasteiger partial charge on any atom is -0.497 e. The van der Waals surface area contributed by atoms with E-state index in [-0.39, 0.29) is 18.2 Å². The summed E-state index contributed by atoms with van der Waals surface area (Å²) in [5, 5.41) is 5.90. The van der Waals surface area contributed by atoms with E-state index in [1.807, 2.05) is 0 Å². The topological polar surface area (TPSA) is 107 Å². The summed E-state index contributed by atoms with van der Waals surface area (Å²) in [6, 6.07) is 8.54. The van der Waals surface area contributed by atoms with Gasteiger partial charge in [-0.25, -0.2) is 4.98 Å². The van der Waals surface area contributed by atoms with E-state index in [9.17, 15) is 9.59 Å². The van der Waals surface area contributed by atoms with E-state index in [2.05, 4.69) is 15.2 Å². The summed E-state index contributed by atoms with van der Waals surface area (Å²) in [6.07, 6.45) is 2.41. The number of Topliss-reactive ketones (excluding diaryl/α,β-unsaturated/α-hetero) is 2. The van der Waals surface area contributed by atoms with Crippen LogP contribution >= 0.6 is 0 Å². The fraction of sp³-hybridized carbons (Fsp3) is 0.125. The number of rotatable bonds is 7. The van der Waals surface area contributed by atoms with Gasteiger partial charge >= 0.3 is 0 Å². The van der Waals surface area contributed by atoms with Gasteiger partial charge in [-0.3, -0.25) is 14.7 Å². The fourth-order valence-corrected chi connectivity index (χ4v) is 1.99. The van der Waals surface area contributed by atoms with Crippen LogP contribution in [0, 0.1) is 0 Å². The van der Waals surface area contributed by atoms with Gasteiger partial charge in [0.25, 0.3) is 11.7 Å². The molecule has 8 nitrogen and oxygen atoms in total. The Bertz CT molecular complexity index is 854. The molecule has 0 spiro atoms. The van der Waals surface area contributed by atoms with Crippen LogP contribution in [-0.2, 0) is 11.2 Å². The Balaban J connectivity index is 1.65. The predicted molar refractivity (Wildman–Crippen MR) is 81.2 cm³/mol. The van der Waals surface area contributed by atoms with Crippen molar-refractivity contribution in [3.05, 3.63) is 54.3 Å². The van der Waals surface area contributed by atoms with E-state index < -0.39 is 11.6 Å². The molecular formula is C16H13N3O5. The number of nitrogens with one attached hydrogen (secondary N) is 1. The van der Waals surface area contributed by atoms with Crippen LogP contribution in [0.25, 0.3) is 0 Å². The highest BCUT2D eigenvalue weighted by Gasteiger charge is 2.20. The van der Waals surface area contributed by atoms with Gasteiger partial charge in [0, 0.05) is 24.1 Å². The van der Waals surface area contributed by atoms with Gasteiger partial charge in [0.05, 0.1) is 13.4 Å². The highest BCUT2D eigenvalue weighted by molar-refractivity contribution is 6.43. The Labute approximate surface area is 136 Å². The van der Waals surface area contributed by atoms with Crippen molar-refractivity contribution in [3.63, 3.8) is 0 Å². The molecule has 3 aromatic rings. The maximum absolute atomic E-state index is 11.9. The number of hydrogen-bond donors (Lipinski definition) is 1. The molecule has 24 heavy (non-hydrogen) atoms. The molecule has 1 aromatic carbocycles. The van der Waals surface area contributed by atoms with Gasteiger partial charge in [0.2, 0.25) is 5.78 Å². The molecule has 0 amide bonds. The summed E-state index contributed by atoms with van der Waals surface area (Å²) < 4.78 is 15.9. The molecule has 0 atom stereocenters. The number of benzene rings is 1. The van der Waals surface area contributed by atoms with Crippen LogP contribution in [0.5, 0.6) is 17.4 Å². The SMILES string of the molecule is COc1cccc(Oc2cc(CC(=O)C(=O)c3ncn[nH]3)co2)c1. The van der Waals surface area contributed by atoms with E-state index in [1.165, 1.54) is 12.6 Å². The first-order valence-electron chi connectivity index (χ1n) is 6.98. The normalized spacial score (nSPS) is 10.4. The van der Waals surface area contributed by atoms with Crippen molar-refractivity contribution in [1.82, 2.24) is 15.2 Å². The monoisotopic (exact) mass is 327 g/mol. The smallest absolute Gasteiger partial charge is 0.290 e. The van der Waals surface area contributed by atoms with Gasteiger partial charge in [0.1, 0.15) is 17.8 Å². The van der Waals surface area contributed by atoms with E-state index >= 15 is 0 Å². The highest BCUT2D eigenvalue weighted by Crippen LogP contribution is 2.26. The van der Waals surface area contributed by atoms with E-state index in [0.29, 0.717) is 17.1 Å². The lowest BCUT2D eigenvalue weighted by molar-refractivity contribution is -0.114. The van der Waals surface area contributed by atoms with Crippen molar-refractivity contribution in [2.45, 2.75) is 6.42 Å². The number of carbonyl (C=O) groups is 2. The predicted octanol–water partition coefficient (Wildman–Crippen LogP) is 2.19. The highest BCUT2D eigenvalue weighted by atomic mass is 16.6. The zero-order valence-electron chi connectivity index (χ0n) is 12.7. The summed E-state index contributed by atoms with van der Waals surface area (Å²) >= 11 is 0. The van der Waals surface area contributed by atoms with Crippen molar-refractivity contribution in [1.29, 1.82) is 0 Å². The molecule has 0 bridgehead atoms. The lowest BCUT2D eigenvalue weighted by Crippen LogP contribution is -2.17. The van der Waals surface area contributed by atoms with Crippen LogP contribution in [0.15, 0.2) is 47.3 Å². The van der Waals surface area contributed by atoms with Crippen LogP contribution in [0.4, 0.5) is 0 Å². The second-order valence-corrected chi connectivity index (χ2v) is 4.82. The maximum Gasteiger partial charge on any atom is 0.290 e. The van der Waals surface area contributed by atoms with E-state index in [0.717, 1.165) is 0 Å². The molecule has 2 heterocycles. The van der Waals surface area contributed by atoms with Crippen molar-refractivity contribution in [3.8, 4) is 17.4 Å². The van der Waals surface area contributed by atoms with Crippen molar-refractivity contribution >= 4 is 11.6 Å². The second-order valence-electron chi connectivity index (χ2n) is 4.82. The molecule has 8 heteroatoms. The van der Waals surface area contributed by atoms with Gasteiger partial charge in [-0.1, -0.05) is 6.07 Å². The molecule has 0 saturated carbocycles. The number of furan rings is 1. The van der Waals surface area contributed by atoms with E-state index in [1.54, 1.807) is 37.4 Å². The standard InChI is InChI=1S/C16H13N3O5/c1-22-11-3-2-4-12(7-11)24-14-6-10(8-23-14)5-13(20)15(21)16-17-9-18-19-16/h2-4,6-9H,5H2,1H3,(H,17,18,19). The number of aromatic amines is 1. The molecule has 1 N–H and O–H groups in total. The first-order chi connectivity index (χ1) is 11.7. The Hall–Kier alpha value is -3.42. The quantitative estimate of drug-likeness (QED) is 0.523. The largest absolute Gasteiger partial charge is 0.497 e. The lowest BCUT2D eigenvalue weighted by Gasteiger charge is -2.03. The summed E-state index contributed by atoms with van der Waals surface area (Å²) in [7, 11) is 1.56. The number of ether oxygens (including phenoxy) is 2. The summed E-state index contributed by atoms with van der Waals surface area (Å²) in [6.45, 7) is 0.